The maximum atomic E-state index is 11.2. The van der Waals surface area contributed by atoms with Crippen molar-refractivity contribution >= 4 is 23.3 Å². The Morgan fingerprint density at radius 1 is 1.50 bits per heavy atom. The number of benzene rings is 1. The van der Waals surface area contributed by atoms with Gasteiger partial charge in [-0.25, -0.2) is 0 Å². The molecule has 0 bridgehead atoms. The third-order valence-corrected chi connectivity index (χ3v) is 3.81. The van der Waals surface area contributed by atoms with Crippen LogP contribution in [0.4, 0.5) is 17.1 Å². The summed E-state index contributed by atoms with van der Waals surface area (Å²) in [4.78, 5) is 26.1. The third kappa shape index (κ3) is 3.16. The molecule has 1 saturated heterocycles. The van der Waals surface area contributed by atoms with Crippen LogP contribution in [0.1, 0.15) is 23.2 Å². The topological polar surface area (TPSA) is 132 Å². The monoisotopic (exact) mass is 305 g/mol. The average molecular weight is 305 g/mol. The first kappa shape index (κ1) is 15.7. The summed E-state index contributed by atoms with van der Waals surface area (Å²) in [6.07, 6.45) is 1.87. The highest BCUT2D eigenvalue weighted by molar-refractivity contribution is 5.88. The quantitative estimate of drug-likeness (QED) is 0.223. The largest absolute Gasteiger partial charge is 0.396 e. The zero-order valence-corrected chi connectivity index (χ0v) is 11.8. The third-order valence-electron chi connectivity index (χ3n) is 3.81. The minimum absolute atomic E-state index is 0.0153. The van der Waals surface area contributed by atoms with E-state index in [4.69, 9.17) is 10.6 Å². The maximum absolute atomic E-state index is 11.2. The first-order valence-corrected chi connectivity index (χ1v) is 6.79. The molecule has 2 rings (SSSR count). The van der Waals surface area contributed by atoms with Crippen LogP contribution in [-0.4, -0.2) is 36.0 Å². The molecular formula is C13H15N5O4. The van der Waals surface area contributed by atoms with Gasteiger partial charge in [0.15, 0.2) is 6.29 Å². The lowest BCUT2D eigenvalue weighted by atomic mass is 9.97. The zero-order valence-electron chi connectivity index (χ0n) is 11.8. The number of carbonyl (C=O) groups excluding carboxylic acids is 1. The Hall–Kier alpha value is -2.64. The van der Waals surface area contributed by atoms with Crippen LogP contribution in [0.15, 0.2) is 17.2 Å². The number of nitro benzene ring substituents is 1. The number of hydrogen-bond donors (Lipinski definition) is 1. The van der Waals surface area contributed by atoms with Gasteiger partial charge in [0.05, 0.1) is 10.6 Å². The number of nitrogens with zero attached hydrogens (tertiary/aromatic N) is 5. The van der Waals surface area contributed by atoms with Crippen LogP contribution in [0, 0.1) is 16.0 Å². The number of aliphatic hydroxyl groups excluding tert-OH is 1. The number of piperidine rings is 1. The van der Waals surface area contributed by atoms with Crippen molar-refractivity contribution in [1.29, 1.82) is 0 Å². The molecular weight excluding hydrogens is 290 g/mol. The fourth-order valence-electron chi connectivity index (χ4n) is 2.57. The first-order chi connectivity index (χ1) is 10.6. The van der Waals surface area contributed by atoms with Gasteiger partial charge in [-0.2, -0.15) is 0 Å². The van der Waals surface area contributed by atoms with Crippen molar-refractivity contribution < 1.29 is 14.8 Å². The Bertz CT molecular complexity index is 634. The molecule has 0 amide bonds. The maximum Gasteiger partial charge on any atom is 0.293 e. The van der Waals surface area contributed by atoms with Crippen molar-refractivity contribution in [3.63, 3.8) is 0 Å². The van der Waals surface area contributed by atoms with Crippen molar-refractivity contribution in [2.45, 2.75) is 12.8 Å². The van der Waals surface area contributed by atoms with Crippen LogP contribution >= 0.6 is 0 Å². The van der Waals surface area contributed by atoms with Crippen molar-refractivity contribution in [2.24, 2.45) is 11.0 Å². The summed E-state index contributed by atoms with van der Waals surface area (Å²) in [7, 11) is 0. The molecule has 0 atom stereocenters. The Morgan fingerprint density at radius 3 is 2.68 bits per heavy atom. The summed E-state index contributed by atoms with van der Waals surface area (Å²) in [6, 6.07) is 2.51. The van der Waals surface area contributed by atoms with Gasteiger partial charge in [0.25, 0.3) is 5.69 Å². The number of aldehydes is 1. The fourth-order valence-corrected chi connectivity index (χ4v) is 2.57. The molecule has 1 aromatic carbocycles. The lowest BCUT2D eigenvalue weighted by Gasteiger charge is -2.32. The van der Waals surface area contributed by atoms with Gasteiger partial charge >= 0.3 is 0 Å². The van der Waals surface area contributed by atoms with Crippen LogP contribution in [-0.2, 0) is 0 Å². The van der Waals surface area contributed by atoms with Crippen LogP contribution in [0.25, 0.3) is 10.4 Å². The average Bonchev–Trinajstić information content (AvgIpc) is 2.54. The van der Waals surface area contributed by atoms with Crippen molar-refractivity contribution in [1.82, 2.24) is 0 Å². The number of azide groups is 1. The van der Waals surface area contributed by atoms with E-state index >= 15 is 0 Å². The van der Waals surface area contributed by atoms with E-state index in [9.17, 15) is 14.9 Å². The summed E-state index contributed by atoms with van der Waals surface area (Å²) in [5.74, 6) is 0.196. The van der Waals surface area contributed by atoms with Gasteiger partial charge in [0.2, 0.25) is 0 Å². The molecule has 9 heteroatoms. The number of carbonyl (C=O) groups is 1. The summed E-state index contributed by atoms with van der Waals surface area (Å²) < 4.78 is 0. The lowest BCUT2D eigenvalue weighted by molar-refractivity contribution is -0.384. The molecule has 0 aromatic heterocycles. The molecule has 0 aliphatic carbocycles. The summed E-state index contributed by atoms with van der Waals surface area (Å²) in [5.41, 5.74) is 8.74. The van der Waals surface area contributed by atoms with Crippen molar-refractivity contribution in [3.05, 3.63) is 38.3 Å². The molecule has 22 heavy (non-hydrogen) atoms. The van der Waals surface area contributed by atoms with Gasteiger partial charge in [0.1, 0.15) is 5.69 Å². The molecule has 0 saturated carbocycles. The normalized spacial score (nSPS) is 15.2. The highest BCUT2D eigenvalue weighted by Gasteiger charge is 2.26. The minimum atomic E-state index is -0.555. The standard InChI is InChI=1S/C13H15N5O4/c14-16-15-11-6-12(13(18(21)22)5-10(11)8-20)17-3-1-9(7-19)2-4-17/h5-6,8-9,19H,1-4,7H2. The molecule has 1 aromatic rings. The van der Waals surface area contributed by atoms with E-state index in [-0.39, 0.29) is 29.5 Å². The van der Waals surface area contributed by atoms with Gasteiger partial charge in [-0.15, -0.1) is 0 Å². The second-order valence-corrected chi connectivity index (χ2v) is 5.08. The number of nitro groups is 1. The molecule has 0 unspecified atom stereocenters. The molecule has 1 aliphatic heterocycles. The zero-order chi connectivity index (χ0) is 16.1. The second kappa shape index (κ2) is 6.88. The molecule has 1 N–H and O–H groups in total. The molecule has 0 radical (unpaired) electrons. The Balaban J connectivity index is 2.44. The highest BCUT2D eigenvalue weighted by Crippen LogP contribution is 2.36. The summed E-state index contributed by atoms with van der Waals surface area (Å²) in [6.45, 7) is 1.22. The lowest BCUT2D eigenvalue weighted by Crippen LogP contribution is -2.35. The molecule has 1 aliphatic rings. The van der Waals surface area contributed by atoms with Crippen molar-refractivity contribution in [2.75, 3.05) is 24.6 Å². The van der Waals surface area contributed by atoms with Gasteiger partial charge in [-0.1, -0.05) is 5.11 Å². The van der Waals surface area contributed by atoms with E-state index < -0.39 is 4.92 Å². The van der Waals surface area contributed by atoms with Crippen LogP contribution < -0.4 is 4.90 Å². The highest BCUT2D eigenvalue weighted by atomic mass is 16.6. The van der Waals surface area contributed by atoms with Crippen LogP contribution in [0.2, 0.25) is 0 Å². The smallest absolute Gasteiger partial charge is 0.293 e. The molecule has 9 nitrogen and oxygen atoms in total. The van der Waals surface area contributed by atoms with E-state index in [2.05, 4.69) is 10.0 Å². The van der Waals surface area contributed by atoms with Crippen molar-refractivity contribution in [3.8, 4) is 0 Å². The Morgan fingerprint density at radius 2 is 2.18 bits per heavy atom. The fraction of sp³-hybridized carbons (Fsp3) is 0.462. The number of hydrogen-bond acceptors (Lipinski definition) is 6. The van der Waals surface area contributed by atoms with E-state index in [0.29, 0.717) is 25.1 Å². The minimum Gasteiger partial charge on any atom is -0.396 e. The summed E-state index contributed by atoms with van der Waals surface area (Å²) in [5, 5.41) is 23.8. The van der Waals surface area contributed by atoms with Gasteiger partial charge in [-0.3, -0.25) is 14.9 Å². The predicted molar refractivity (Wildman–Crippen MR) is 79.3 cm³/mol. The van der Waals surface area contributed by atoms with Crippen LogP contribution in [0.5, 0.6) is 0 Å². The first-order valence-electron chi connectivity index (χ1n) is 6.79. The van der Waals surface area contributed by atoms with Gasteiger partial charge < -0.3 is 10.0 Å². The van der Waals surface area contributed by atoms with E-state index in [1.54, 1.807) is 0 Å². The van der Waals surface area contributed by atoms with E-state index in [1.807, 2.05) is 4.90 Å². The second-order valence-electron chi connectivity index (χ2n) is 5.08. The molecule has 1 fully saturated rings. The van der Waals surface area contributed by atoms with E-state index in [0.717, 1.165) is 18.9 Å². The molecule has 1 heterocycles. The number of rotatable bonds is 5. The Kier molecular flexibility index (Phi) is 4.92. The predicted octanol–water partition coefficient (Wildman–Crippen LogP) is 2.56. The van der Waals surface area contributed by atoms with Crippen LogP contribution in [0.3, 0.4) is 0 Å². The SMILES string of the molecule is [N-]=[N+]=Nc1cc(N2CCC(CO)CC2)c([N+](=O)[O-])cc1C=O. The van der Waals surface area contributed by atoms with Gasteiger partial charge in [-0.05, 0) is 30.4 Å². The summed E-state index contributed by atoms with van der Waals surface area (Å²) >= 11 is 0. The number of aliphatic hydroxyl groups is 1. The van der Waals surface area contributed by atoms with Gasteiger partial charge in [0, 0.05) is 36.2 Å². The van der Waals surface area contributed by atoms with E-state index in [1.165, 1.54) is 6.07 Å². The number of anilines is 1. The molecule has 0 spiro atoms. The molecule has 116 valence electrons. The Labute approximate surface area is 125 Å².